The Morgan fingerprint density at radius 3 is 2.85 bits per heavy atom. The molecule has 7 heteroatoms. The van der Waals surface area contributed by atoms with Gasteiger partial charge in [-0.25, -0.2) is 14.8 Å². The number of aromatic carboxylic acids is 1. The fourth-order valence-electron chi connectivity index (χ4n) is 1.59. The predicted molar refractivity (Wildman–Crippen MR) is 77.0 cm³/mol. The first-order chi connectivity index (χ1) is 9.61. The highest BCUT2D eigenvalue weighted by Gasteiger charge is 2.11. The molecule has 0 saturated heterocycles. The van der Waals surface area contributed by atoms with E-state index in [9.17, 15) is 4.79 Å². The van der Waals surface area contributed by atoms with Gasteiger partial charge in [0.05, 0.1) is 5.56 Å². The van der Waals surface area contributed by atoms with Gasteiger partial charge in [-0.05, 0) is 58.0 Å². The van der Waals surface area contributed by atoms with Crippen molar-refractivity contribution in [2.45, 2.75) is 10.2 Å². The van der Waals surface area contributed by atoms with E-state index >= 15 is 0 Å². The second-order valence-corrected chi connectivity index (χ2v) is 5.77. The summed E-state index contributed by atoms with van der Waals surface area (Å²) in [6.07, 6.45) is 1.69. The lowest BCUT2D eigenvalue weighted by molar-refractivity contribution is 0.0697. The number of carboxylic acid groups (broad SMARTS) is 1. The summed E-state index contributed by atoms with van der Waals surface area (Å²) in [6, 6.07) is 8.30. The summed E-state index contributed by atoms with van der Waals surface area (Å²) >= 11 is 4.59. The van der Waals surface area contributed by atoms with Crippen LogP contribution in [0.2, 0.25) is 0 Å². The first-order valence-electron chi connectivity index (χ1n) is 5.55. The minimum atomic E-state index is -0.993. The summed E-state index contributed by atoms with van der Waals surface area (Å²) in [5, 5.41) is 10.1. The van der Waals surface area contributed by atoms with Crippen molar-refractivity contribution in [2.75, 3.05) is 0 Å². The number of benzene rings is 1. The van der Waals surface area contributed by atoms with Gasteiger partial charge < -0.3 is 9.52 Å². The molecule has 0 unspecified atom stereocenters. The Morgan fingerprint density at radius 1 is 1.30 bits per heavy atom. The number of fused-ring (bicyclic) bond motifs is 1. The Kier molecular flexibility index (Phi) is 3.45. The number of halogens is 1. The Balaban J connectivity index is 1.92. The van der Waals surface area contributed by atoms with E-state index in [1.165, 1.54) is 23.9 Å². The summed E-state index contributed by atoms with van der Waals surface area (Å²) in [5.41, 5.74) is 1.24. The quantitative estimate of drug-likeness (QED) is 0.773. The van der Waals surface area contributed by atoms with E-state index in [2.05, 4.69) is 25.9 Å². The van der Waals surface area contributed by atoms with Crippen molar-refractivity contribution in [1.82, 2.24) is 9.97 Å². The number of nitrogens with zero attached hydrogens (tertiary/aromatic N) is 2. The molecule has 0 atom stereocenters. The van der Waals surface area contributed by atoms with Crippen LogP contribution in [0.15, 0.2) is 55.7 Å². The van der Waals surface area contributed by atoms with E-state index in [0.29, 0.717) is 16.3 Å². The Hall–Kier alpha value is -1.86. The van der Waals surface area contributed by atoms with Crippen LogP contribution in [0.1, 0.15) is 10.4 Å². The highest BCUT2D eigenvalue weighted by molar-refractivity contribution is 9.10. The van der Waals surface area contributed by atoms with Crippen molar-refractivity contribution in [3.63, 3.8) is 0 Å². The molecular weight excluding hydrogens is 344 g/mol. The molecule has 3 rings (SSSR count). The van der Waals surface area contributed by atoms with E-state index in [-0.39, 0.29) is 5.56 Å². The lowest BCUT2D eigenvalue weighted by Gasteiger charge is -1.95. The zero-order valence-electron chi connectivity index (χ0n) is 9.91. The highest BCUT2D eigenvalue weighted by Crippen LogP contribution is 2.29. The van der Waals surface area contributed by atoms with Crippen LogP contribution in [-0.4, -0.2) is 21.0 Å². The molecule has 0 spiro atoms. The fourth-order valence-corrected chi connectivity index (χ4v) is 2.52. The van der Waals surface area contributed by atoms with Crippen LogP contribution < -0.4 is 0 Å². The molecule has 0 saturated carbocycles. The number of carboxylic acids is 1. The van der Waals surface area contributed by atoms with Gasteiger partial charge in [0.25, 0.3) is 5.22 Å². The zero-order valence-corrected chi connectivity index (χ0v) is 12.3. The van der Waals surface area contributed by atoms with Crippen molar-refractivity contribution in [3.8, 4) is 0 Å². The maximum absolute atomic E-state index is 10.9. The van der Waals surface area contributed by atoms with Gasteiger partial charge in [-0.2, -0.15) is 0 Å². The van der Waals surface area contributed by atoms with Crippen molar-refractivity contribution in [3.05, 3.63) is 46.6 Å². The average molecular weight is 351 g/mol. The molecule has 20 heavy (non-hydrogen) atoms. The smallest absolute Gasteiger partial charge is 0.335 e. The molecular formula is C13H7BrN2O3S. The van der Waals surface area contributed by atoms with Gasteiger partial charge >= 0.3 is 5.97 Å². The van der Waals surface area contributed by atoms with Crippen LogP contribution in [0.5, 0.6) is 0 Å². The Labute approximate surface area is 126 Å². The maximum Gasteiger partial charge on any atom is 0.335 e. The van der Waals surface area contributed by atoms with E-state index in [1.54, 1.807) is 12.3 Å². The summed E-state index contributed by atoms with van der Waals surface area (Å²) in [7, 11) is 0. The number of hydrogen-bond donors (Lipinski definition) is 1. The SMILES string of the molecule is O=C(O)c1ccc2nc(Sc3ccc(Br)cn3)oc2c1. The molecule has 100 valence electrons. The van der Waals surface area contributed by atoms with E-state index in [0.717, 1.165) is 9.50 Å². The monoisotopic (exact) mass is 350 g/mol. The first kappa shape index (κ1) is 13.1. The van der Waals surface area contributed by atoms with E-state index < -0.39 is 5.97 Å². The van der Waals surface area contributed by atoms with Crippen LogP contribution in [0, 0.1) is 0 Å². The largest absolute Gasteiger partial charge is 0.478 e. The van der Waals surface area contributed by atoms with E-state index in [4.69, 9.17) is 9.52 Å². The van der Waals surface area contributed by atoms with E-state index in [1.807, 2.05) is 12.1 Å². The molecule has 2 heterocycles. The van der Waals surface area contributed by atoms with Crippen LogP contribution in [0.3, 0.4) is 0 Å². The normalized spacial score (nSPS) is 10.8. The lowest BCUT2D eigenvalue weighted by Crippen LogP contribution is -1.94. The first-order valence-corrected chi connectivity index (χ1v) is 7.16. The topological polar surface area (TPSA) is 76.2 Å². The fraction of sp³-hybridized carbons (Fsp3) is 0. The summed E-state index contributed by atoms with van der Waals surface area (Å²) in [4.78, 5) is 19.4. The number of carbonyl (C=O) groups is 1. The number of hydrogen-bond acceptors (Lipinski definition) is 5. The van der Waals surface area contributed by atoms with Gasteiger partial charge in [0.1, 0.15) is 10.5 Å². The minimum absolute atomic E-state index is 0.173. The maximum atomic E-state index is 10.9. The van der Waals surface area contributed by atoms with Crippen LogP contribution >= 0.6 is 27.7 Å². The van der Waals surface area contributed by atoms with Gasteiger partial charge in [0, 0.05) is 10.7 Å². The van der Waals surface area contributed by atoms with Crippen molar-refractivity contribution in [1.29, 1.82) is 0 Å². The third kappa shape index (κ3) is 2.68. The van der Waals surface area contributed by atoms with Gasteiger partial charge in [0.15, 0.2) is 5.58 Å². The molecule has 1 N–H and O–H groups in total. The van der Waals surface area contributed by atoms with Gasteiger partial charge in [0.2, 0.25) is 0 Å². The minimum Gasteiger partial charge on any atom is -0.478 e. The van der Waals surface area contributed by atoms with Crippen molar-refractivity contribution >= 4 is 44.8 Å². The van der Waals surface area contributed by atoms with Crippen LogP contribution in [0.4, 0.5) is 0 Å². The molecule has 0 aliphatic rings. The zero-order chi connectivity index (χ0) is 14.1. The number of pyridine rings is 1. The number of aromatic nitrogens is 2. The van der Waals surface area contributed by atoms with Crippen LogP contribution in [-0.2, 0) is 0 Å². The molecule has 0 fully saturated rings. The molecule has 3 aromatic rings. The lowest BCUT2D eigenvalue weighted by atomic mass is 10.2. The van der Waals surface area contributed by atoms with Crippen molar-refractivity contribution < 1.29 is 14.3 Å². The third-order valence-electron chi connectivity index (χ3n) is 2.51. The second kappa shape index (κ2) is 5.26. The molecule has 0 amide bonds. The highest BCUT2D eigenvalue weighted by atomic mass is 79.9. The number of rotatable bonds is 3. The average Bonchev–Trinajstić information content (AvgIpc) is 2.82. The van der Waals surface area contributed by atoms with Gasteiger partial charge in [-0.1, -0.05) is 0 Å². The van der Waals surface area contributed by atoms with Crippen molar-refractivity contribution in [2.24, 2.45) is 0 Å². The summed E-state index contributed by atoms with van der Waals surface area (Å²) < 4.78 is 6.42. The standard InChI is InChI=1S/C13H7BrN2O3S/c14-8-2-4-11(15-6-8)20-13-16-9-3-1-7(12(17)18)5-10(9)19-13/h1-6H,(H,17,18). The van der Waals surface area contributed by atoms with Crippen LogP contribution in [0.25, 0.3) is 11.1 Å². The Bertz CT molecular complexity index is 786. The number of oxazole rings is 1. The molecule has 5 nitrogen and oxygen atoms in total. The predicted octanol–water partition coefficient (Wildman–Crippen LogP) is 3.83. The molecule has 0 aliphatic carbocycles. The van der Waals surface area contributed by atoms with Gasteiger partial charge in [-0.15, -0.1) is 0 Å². The molecule has 0 aliphatic heterocycles. The Morgan fingerprint density at radius 2 is 2.15 bits per heavy atom. The molecule has 1 aromatic carbocycles. The summed E-state index contributed by atoms with van der Waals surface area (Å²) in [6.45, 7) is 0. The molecule has 0 radical (unpaired) electrons. The summed E-state index contributed by atoms with van der Waals surface area (Å²) in [5.74, 6) is -0.993. The molecule has 0 bridgehead atoms. The molecule has 2 aromatic heterocycles. The van der Waals surface area contributed by atoms with Gasteiger partial charge in [-0.3, -0.25) is 0 Å². The third-order valence-corrected chi connectivity index (χ3v) is 3.78. The second-order valence-electron chi connectivity index (χ2n) is 3.88.